The van der Waals surface area contributed by atoms with Crippen LogP contribution in [0.3, 0.4) is 0 Å². The molecule has 1 N–H and O–H groups in total. The molecule has 1 aliphatic heterocycles. The maximum Gasteiger partial charge on any atom is 0.136 e. The van der Waals surface area contributed by atoms with Gasteiger partial charge in [0.1, 0.15) is 4.32 Å². The molecule has 0 aromatic carbocycles. The monoisotopic (exact) mass is 219 g/mol. The molecule has 76 valence electrons. The Hall–Kier alpha value is 0.200. The molecule has 1 fully saturated rings. The molecule has 0 radical (unpaired) electrons. The van der Waals surface area contributed by atoms with Gasteiger partial charge < -0.3 is 10.0 Å². The molecule has 1 atom stereocenters. The Bertz CT molecular complexity index is 169. The van der Waals surface area contributed by atoms with Crippen LogP contribution in [0.2, 0.25) is 0 Å². The molecule has 0 spiro atoms. The number of aliphatic hydroxyl groups excluding tert-OH is 1. The summed E-state index contributed by atoms with van der Waals surface area (Å²) >= 11 is 6.87. The van der Waals surface area contributed by atoms with E-state index in [0.29, 0.717) is 0 Å². The lowest BCUT2D eigenvalue weighted by atomic mass is 10.3. The van der Waals surface area contributed by atoms with Gasteiger partial charge >= 0.3 is 0 Å². The lowest BCUT2D eigenvalue weighted by Gasteiger charge is -2.18. The number of likely N-dealkylation sites (tertiary alicyclic amines) is 1. The summed E-state index contributed by atoms with van der Waals surface area (Å²) in [7, 11) is 0. The van der Waals surface area contributed by atoms with Crippen molar-refractivity contribution < 1.29 is 5.11 Å². The normalized spacial score (nSPS) is 19.1. The fraction of sp³-hybridized carbons (Fsp3) is 0.889. The van der Waals surface area contributed by atoms with Gasteiger partial charge in [-0.2, -0.15) is 0 Å². The molecule has 1 saturated heterocycles. The molecule has 1 heterocycles. The summed E-state index contributed by atoms with van der Waals surface area (Å²) in [5.74, 6) is 0.742. The lowest BCUT2D eigenvalue weighted by molar-refractivity contribution is 0.195. The van der Waals surface area contributed by atoms with Crippen molar-refractivity contribution >= 4 is 28.3 Å². The molecule has 0 bridgehead atoms. The molecule has 0 aromatic rings. The number of hydrogen-bond donors (Lipinski definition) is 1. The average Bonchev–Trinajstić information content (AvgIpc) is 2.66. The van der Waals surface area contributed by atoms with E-state index in [-0.39, 0.29) is 6.10 Å². The standard InChI is InChI=1S/C9H17NOS2/c1-2-8(11)7-13-9(12)10-5-3-4-6-10/h8,11H,2-7H2,1H3. The van der Waals surface area contributed by atoms with E-state index in [1.54, 1.807) is 11.8 Å². The number of thioether (sulfide) groups is 1. The number of hydrogen-bond acceptors (Lipinski definition) is 3. The smallest absolute Gasteiger partial charge is 0.136 e. The van der Waals surface area contributed by atoms with Gasteiger partial charge in [-0.25, -0.2) is 0 Å². The largest absolute Gasteiger partial charge is 0.392 e. The summed E-state index contributed by atoms with van der Waals surface area (Å²) in [6.07, 6.45) is 3.13. The first-order valence-corrected chi connectivity index (χ1v) is 6.23. The van der Waals surface area contributed by atoms with Crippen LogP contribution in [0, 0.1) is 0 Å². The highest BCUT2D eigenvalue weighted by Gasteiger charge is 2.15. The minimum absolute atomic E-state index is 0.203. The third-order valence-electron chi connectivity index (χ3n) is 2.23. The Morgan fingerprint density at radius 3 is 2.69 bits per heavy atom. The summed E-state index contributed by atoms with van der Waals surface area (Å²) in [5, 5.41) is 9.35. The zero-order valence-electron chi connectivity index (χ0n) is 8.03. The Labute approximate surface area is 89.7 Å². The van der Waals surface area contributed by atoms with Crippen molar-refractivity contribution in [3.63, 3.8) is 0 Å². The zero-order valence-corrected chi connectivity index (χ0v) is 9.66. The second kappa shape index (κ2) is 5.83. The van der Waals surface area contributed by atoms with Crippen molar-refractivity contribution in [1.29, 1.82) is 0 Å². The Kier molecular flexibility index (Phi) is 5.06. The molecule has 2 nitrogen and oxygen atoms in total. The van der Waals surface area contributed by atoms with Gasteiger partial charge in [-0.15, -0.1) is 0 Å². The first kappa shape index (κ1) is 11.3. The summed E-state index contributed by atoms with van der Waals surface area (Å²) in [4.78, 5) is 2.24. The zero-order chi connectivity index (χ0) is 9.68. The molecule has 0 aromatic heterocycles. The van der Waals surface area contributed by atoms with E-state index in [1.165, 1.54) is 12.8 Å². The maximum absolute atomic E-state index is 9.35. The van der Waals surface area contributed by atoms with Gasteiger partial charge in [0.15, 0.2) is 0 Å². The van der Waals surface area contributed by atoms with E-state index in [0.717, 1.165) is 29.6 Å². The molecule has 4 heteroatoms. The summed E-state index contributed by atoms with van der Waals surface area (Å²) < 4.78 is 0.963. The van der Waals surface area contributed by atoms with Crippen molar-refractivity contribution in [1.82, 2.24) is 4.90 Å². The minimum atomic E-state index is -0.203. The van der Waals surface area contributed by atoms with Crippen LogP contribution in [0.1, 0.15) is 26.2 Å². The van der Waals surface area contributed by atoms with Gasteiger partial charge in [0.05, 0.1) is 6.10 Å². The Morgan fingerprint density at radius 1 is 1.54 bits per heavy atom. The number of rotatable bonds is 3. The summed E-state index contributed by atoms with van der Waals surface area (Å²) in [6.45, 7) is 4.20. The van der Waals surface area contributed by atoms with E-state index in [1.807, 2.05) is 6.92 Å². The average molecular weight is 219 g/mol. The van der Waals surface area contributed by atoms with Crippen molar-refractivity contribution in [2.75, 3.05) is 18.8 Å². The SMILES string of the molecule is CCC(O)CSC(=S)N1CCCC1. The van der Waals surface area contributed by atoms with Gasteiger partial charge in [0.25, 0.3) is 0 Å². The van der Waals surface area contributed by atoms with E-state index in [4.69, 9.17) is 12.2 Å². The molecule has 1 unspecified atom stereocenters. The highest BCUT2D eigenvalue weighted by atomic mass is 32.2. The predicted octanol–water partition coefficient (Wildman–Crippen LogP) is 1.87. The number of aliphatic hydroxyl groups is 1. The maximum atomic E-state index is 9.35. The van der Waals surface area contributed by atoms with Gasteiger partial charge in [0.2, 0.25) is 0 Å². The first-order valence-electron chi connectivity index (χ1n) is 4.83. The quantitative estimate of drug-likeness (QED) is 0.732. The van der Waals surface area contributed by atoms with Crippen molar-refractivity contribution in [2.45, 2.75) is 32.3 Å². The van der Waals surface area contributed by atoms with Crippen LogP contribution in [-0.2, 0) is 0 Å². The summed E-state index contributed by atoms with van der Waals surface area (Å²) in [5.41, 5.74) is 0. The van der Waals surface area contributed by atoms with Crippen molar-refractivity contribution in [2.24, 2.45) is 0 Å². The van der Waals surface area contributed by atoms with E-state index in [9.17, 15) is 5.11 Å². The first-order chi connectivity index (χ1) is 6.24. The molecular weight excluding hydrogens is 202 g/mol. The molecule has 0 aliphatic carbocycles. The molecule has 1 aliphatic rings. The topological polar surface area (TPSA) is 23.5 Å². The van der Waals surface area contributed by atoms with Crippen LogP contribution in [0.15, 0.2) is 0 Å². The summed E-state index contributed by atoms with van der Waals surface area (Å²) in [6, 6.07) is 0. The molecular formula is C9H17NOS2. The highest BCUT2D eigenvalue weighted by Crippen LogP contribution is 2.17. The van der Waals surface area contributed by atoms with Gasteiger partial charge in [-0.05, 0) is 19.3 Å². The molecule has 1 rings (SSSR count). The third kappa shape index (κ3) is 3.83. The lowest BCUT2D eigenvalue weighted by Crippen LogP contribution is -2.24. The van der Waals surface area contributed by atoms with Crippen molar-refractivity contribution in [3.8, 4) is 0 Å². The number of nitrogens with zero attached hydrogens (tertiary/aromatic N) is 1. The highest BCUT2D eigenvalue weighted by molar-refractivity contribution is 8.22. The van der Waals surface area contributed by atoms with E-state index < -0.39 is 0 Å². The van der Waals surface area contributed by atoms with Crippen LogP contribution in [0.5, 0.6) is 0 Å². The van der Waals surface area contributed by atoms with Crippen LogP contribution < -0.4 is 0 Å². The van der Waals surface area contributed by atoms with E-state index >= 15 is 0 Å². The fourth-order valence-corrected chi connectivity index (χ4v) is 2.60. The second-order valence-electron chi connectivity index (χ2n) is 3.33. The van der Waals surface area contributed by atoms with E-state index in [2.05, 4.69) is 4.90 Å². The van der Waals surface area contributed by atoms with Crippen LogP contribution >= 0.6 is 24.0 Å². The Morgan fingerprint density at radius 2 is 2.15 bits per heavy atom. The minimum Gasteiger partial charge on any atom is -0.392 e. The fourth-order valence-electron chi connectivity index (χ4n) is 1.28. The second-order valence-corrected chi connectivity index (χ2v) is 4.99. The van der Waals surface area contributed by atoms with Gasteiger partial charge in [-0.3, -0.25) is 0 Å². The number of thiocarbonyl (C=S) groups is 1. The Balaban J connectivity index is 2.16. The van der Waals surface area contributed by atoms with Crippen LogP contribution in [0.25, 0.3) is 0 Å². The molecule has 0 amide bonds. The van der Waals surface area contributed by atoms with Crippen LogP contribution in [-0.4, -0.2) is 39.3 Å². The molecule has 0 saturated carbocycles. The van der Waals surface area contributed by atoms with Gasteiger partial charge in [0, 0.05) is 18.8 Å². The predicted molar refractivity (Wildman–Crippen MR) is 62.2 cm³/mol. The molecule has 13 heavy (non-hydrogen) atoms. The third-order valence-corrected chi connectivity index (χ3v) is 3.90. The van der Waals surface area contributed by atoms with Crippen molar-refractivity contribution in [3.05, 3.63) is 0 Å². The van der Waals surface area contributed by atoms with Crippen LogP contribution in [0.4, 0.5) is 0 Å². The van der Waals surface area contributed by atoms with Gasteiger partial charge in [-0.1, -0.05) is 30.9 Å².